The number of ether oxygens (including phenoxy) is 2. The summed E-state index contributed by atoms with van der Waals surface area (Å²) < 4.78 is 10.6. The van der Waals surface area contributed by atoms with Crippen LogP contribution in [0.15, 0.2) is 18.2 Å². The second kappa shape index (κ2) is 6.99. The molecule has 0 aliphatic heterocycles. The number of nitrogens with zero attached hydrogens (tertiary/aromatic N) is 1. The predicted octanol–water partition coefficient (Wildman–Crippen LogP) is 1.40. The highest BCUT2D eigenvalue weighted by molar-refractivity contribution is 5.81. The first-order valence-electron chi connectivity index (χ1n) is 6.25. The third-order valence-electron chi connectivity index (χ3n) is 3.03. The number of nitrogens with two attached hydrogens (primary N) is 1. The molecule has 5 nitrogen and oxygen atoms in total. The van der Waals surface area contributed by atoms with Gasteiger partial charge in [-0.3, -0.25) is 4.79 Å². The topological polar surface area (TPSA) is 64.8 Å². The lowest BCUT2D eigenvalue weighted by Crippen LogP contribution is -2.40. The van der Waals surface area contributed by atoms with Gasteiger partial charge in [0.25, 0.3) is 0 Å². The zero-order chi connectivity index (χ0) is 14.4. The molecule has 0 radical (unpaired) electrons. The Bertz CT molecular complexity index is 435. The number of rotatable bonds is 6. The van der Waals surface area contributed by atoms with Gasteiger partial charge in [0.05, 0.1) is 20.3 Å². The van der Waals surface area contributed by atoms with Gasteiger partial charge < -0.3 is 20.1 Å². The molecule has 2 N–H and O–H groups in total. The standard InChI is InChI=1S/C14H22N2O3/c1-5-11(15)14(17)16(2)9-10-7-6-8-12(18-3)13(10)19-4/h6-8,11H,5,9,15H2,1-4H3. The maximum atomic E-state index is 12.0. The fourth-order valence-corrected chi connectivity index (χ4v) is 1.87. The third-order valence-corrected chi connectivity index (χ3v) is 3.03. The van der Waals surface area contributed by atoms with Gasteiger partial charge >= 0.3 is 0 Å². The zero-order valence-electron chi connectivity index (χ0n) is 12.0. The summed E-state index contributed by atoms with van der Waals surface area (Å²) in [4.78, 5) is 13.6. The fraction of sp³-hybridized carbons (Fsp3) is 0.500. The molecule has 0 bridgehead atoms. The van der Waals surface area contributed by atoms with Crippen molar-refractivity contribution in [3.63, 3.8) is 0 Å². The van der Waals surface area contributed by atoms with Gasteiger partial charge in [-0.1, -0.05) is 19.1 Å². The number of likely N-dealkylation sites (N-methyl/N-ethyl adjacent to an activating group) is 1. The Morgan fingerprint density at radius 3 is 2.58 bits per heavy atom. The first-order valence-corrected chi connectivity index (χ1v) is 6.25. The lowest BCUT2D eigenvalue weighted by atomic mass is 10.1. The van der Waals surface area contributed by atoms with E-state index in [4.69, 9.17) is 15.2 Å². The smallest absolute Gasteiger partial charge is 0.239 e. The van der Waals surface area contributed by atoms with Crippen LogP contribution in [-0.2, 0) is 11.3 Å². The summed E-state index contributed by atoms with van der Waals surface area (Å²) in [7, 11) is 4.90. The molecule has 0 fully saturated rings. The molecule has 0 aliphatic rings. The molecule has 5 heteroatoms. The minimum atomic E-state index is -0.457. The normalized spacial score (nSPS) is 11.8. The molecular weight excluding hydrogens is 244 g/mol. The molecular formula is C14H22N2O3. The third kappa shape index (κ3) is 3.61. The lowest BCUT2D eigenvalue weighted by Gasteiger charge is -2.22. The van der Waals surface area contributed by atoms with E-state index < -0.39 is 6.04 Å². The van der Waals surface area contributed by atoms with Crippen molar-refractivity contribution in [1.29, 1.82) is 0 Å². The van der Waals surface area contributed by atoms with E-state index in [1.807, 2.05) is 25.1 Å². The Morgan fingerprint density at radius 1 is 1.37 bits per heavy atom. The average molecular weight is 266 g/mol. The molecule has 19 heavy (non-hydrogen) atoms. The maximum absolute atomic E-state index is 12.0. The van der Waals surface area contributed by atoms with Crippen LogP contribution in [0.25, 0.3) is 0 Å². The van der Waals surface area contributed by atoms with Gasteiger partial charge in [0.2, 0.25) is 5.91 Å². The van der Waals surface area contributed by atoms with E-state index >= 15 is 0 Å². The molecule has 106 valence electrons. The molecule has 1 aromatic rings. The summed E-state index contributed by atoms with van der Waals surface area (Å²) >= 11 is 0. The van der Waals surface area contributed by atoms with E-state index in [0.717, 1.165) is 5.56 Å². The van der Waals surface area contributed by atoms with Crippen molar-refractivity contribution in [2.24, 2.45) is 5.73 Å². The summed E-state index contributed by atoms with van der Waals surface area (Å²) in [5.74, 6) is 1.22. The van der Waals surface area contributed by atoms with Crippen LogP contribution >= 0.6 is 0 Å². The van der Waals surface area contributed by atoms with E-state index in [1.165, 1.54) is 0 Å². The van der Waals surface area contributed by atoms with Crippen LogP contribution in [0.5, 0.6) is 11.5 Å². The van der Waals surface area contributed by atoms with E-state index in [2.05, 4.69) is 0 Å². The van der Waals surface area contributed by atoms with Crippen molar-refractivity contribution >= 4 is 5.91 Å². The van der Waals surface area contributed by atoms with Gasteiger partial charge in [0, 0.05) is 19.2 Å². The SMILES string of the molecule is CCC(N)C(=O)N(C)Cc1cccc(OC)c1OC. The summed E-state index contributed by atoms with van der Waals surface area (Å²) in [6, 6.07) is 5.14. The molecule has 0 spiro atoms. The highest BCUT2D eigenvalue weighted by Gasteiger charge is 2.18. The molecule has 0 heterocycles. The fourth-order valence-electron chi connectivity index (χ4n) is 1.87. The molecule has 1 unspecified atom stereocenters. The number of carbonyl (C=O) groups excluding carboxylic acids is 1. The van der Waals surface area contributed by atoms with E-state index in [1.54, 1.807) is 26.2 Å². The summed E-state index contributed by atoms with van der Waals surface area (Å²) in [6.45, 7) is 2.33. The van der Waals surface area contributed by atoms with E-state index in [-0.39, 0.29) is 5.91 Å². The first-order chi connectivity index (χ1) is 9.04. The monoisotopic (exact) mass is 266 g/mol. The summed E-state index contributed by atoms with van der Waals surface area (Å²) in [5, 5.41) is 0. The van der Waals surface area contributed by atoms with Crippen LogP contribution in [0.3, 0.4) is 0 Å². The Balaban J connectivity index is 2.90. The van der Waals surface area contributed by atoms with Crippen molar-refractivity contribution in [1.82, 2.24) is 4.90 Å². The number of hydrogen-bond acceptors (Lipinski definition) is 4. The number of hydrogen-bond donors (Lipinski definition) is 1. The van der Waals surface area contributed by atoms with Gasteiger partial charge in [-0.25, -0.2) is 0 Å². The van der Waals surface area contributed by atoms with E-state index in [0.29, 0.717) is 24.5 Å². The quantitative estimate of drug-likeness (QED) is 0.845. The van der Waals surface area contributed by atoms with Gasteiger partial charge in [-0.15, -0.1) is 0 Å². The second-order valence-corrected chi connectivity index (χ2v) is 4.36. The average Bonchev–Trinajstić information content (AvgIpc) is 2.44. The Hall–Kier alpha value is -1.75. The van der Waals surface area contributed by atoms with Crippen LogP contribution in [0, 0.1) is 0 Å². The Morgan fingerprint density at radius 2 is 2.05 bits per heavy atom. The van der Waals surface area contributed by atoms with Crippen LogP contribution in [0.1, 0.15) is 18.9 Å². The molecule has 1 atom stereocenters. The van der Waals surface area contributed by atoms with Gasteiger partial charge in [-0.05, 0) is 12.5 Å². The number of methoxy groups -OCH3 is 2. The largest absolute Gasteiger partial charge is 0.493 e. The molecule has 0 aromatic heterocycles. The van der Waals surface area contributed by atoms with Gasteiger partial charge in [0.15, 0.2) is 11.5 Å². The second-order valence-electron chi connectivity index (χ2n) is 4.36. The Labute approximate surface area is 114 Å². The first kappa shape index (κ1) is 15.3. The number of para-hydroxylation sites is 1. The molecule has 0 saturated heterocycles. The maximum Gasteiger partial charge on any atom is 0.239 e. The minimum Gasteiger partial charge on any atom is -0.493 e. The van der Waals surface area contributed by atoms with Crippen molar-refractivity contribution in [3.8, 4) is 11.5 Å². The van der Waals surface area contributed by atoms with Crippen molar-refractivity contribution in [3.05, 3.63) is 23.8 Å². The molecule has 1 aromatic carbocycles. The van der Waals surface area contributed by atoms with Crippen LogP contribution in [0.2, 0.25) is 0 Å². The molecule has 0 aliphatic carbocycles. The molecule has 1 amide bonds. The van der Waals surface area contributed by atoms with Crippen LogP contribution < -0.4 is 15.2 Å². The highest BCUT2D eigenvalue weighted by Crippen LogP contribution is 2.31. The lowest BCUT2D eigenvalue weighted by molar-refractivity contribution is -0.131. The molecule has 1 rings (SSSR count). The molecule has 0 saturated carbocycles. The number of amides is 1. The van der Waals surface area contributed by atoms with Gasteiger partial charge in [-0.2, -0.15) is 0 Å². The zero-order valence-corrected chi connectivity index (χ0v) is 12.0. The number of benzene rings is 1. The van der Waals surface area contributed by atoms with Gasteiger partial charge in [0.1, 0.15) is 0 Å². The van der Waals surface area contributed by atoms with Crippen LogP contribution in [-0.4, -0.2) is 38.1 Å². The number of carbonyl (C=O) groups is 1. The van der Waals surface area contributed by atoms with Crippen LogP contribution in [0.4, 0.5) is 0 Å². The summed E-state index contributed by atoms with van der Waals surface area (Å²) in [5.41, 5.74) is 6.64. The van der Waals surface area contributed by atoms with E-state index in [9.17, 15) is 4.79 Å². The summed E-state index contributed by atoms with van der Waals surface area (Å²) in [6.07, 6.45) is 0.623. The minimum absolute atomic E-state index is 0.0765. The Kier molecular flexibility index (Phi) is 5.63. The highest BCUT2D eigenvalue weighted by atomic mass is 16.5. The van der Waals surface area contributed by atoms with Crippen molar-refractivity contribution in [2.45, 2.75) is 25.9 Å². The predicted molar refractivity (Wildman–Crippen MR) is 74.3 cm³/mol. The van der Waals surface area contributed by atoms with Crippen molar-refractivity contribution < 1.29 is 14.3 Å². The van der Waals surface area contributed by atoms with Crippen molar-refractivity contribution in [2.75, 3.05) is 21.3 Å².